The van der Waals surface area contributed by atoms with Gasteiger partial charge in [0.05, 0.1) is 0 Å². The number of hydrogen-bond acceptors (Lipinski definition) is 2. The Bertz CT molecular complexity index is 452. The Kier molecular flexibility index (Phi) is 3.98. The number of amides is 2. The van der Waals surface area contributed by atoms with Crippen molar-refractivity contribution >= 4 is 11.8 Å². The second-order valence-electron chi connectivity index (χ2n) is 8.55. The van der Waals surface area contributed by atoms with Crippen molar-refractivity contribution in [2.45, 2.75) is 59.3 Å². The quantitative estimate of drug-likeness (QED) is 0.747. The van der Waals surface area contributed by atoms with E-state index < -0.39 is 0 Å². The van der Waals surface area contributed by atoms with Crippen LogP contribution in [0, 0.1) is 16.7 Å². The molecule has 0 radical (unpaired) electrons. The molecule has 0 N–H and O–H groups in total. The summed E-state index contributed by atoms with van der Waals surface area (Å²) in [4.78, 5) is 29.1. The molecule has 0 aromatic heterocycles. The smallest absolute Gasteiger partial charge is 0.227 e. The highest BCUT2D eigenvalue weighted by atomic mass is 16.2. The van der Waals surface area contributed by atoms with Crippen molar-refractivity contribution in [1.82, 2.24) is 9.80 Å². The molecule has 3 aliphatic rings. The monoisotopic (exact) mass is 306 g/mol. The zero-order valence-electron chi connectivity index (χ0n) is 14.4. The van der Waals surface area contributed by atoms with Gasteiger partial charge in [-0.1, -0.05) is 20.8 Å². The van der Waals surface area contributed by atoms with E-state index in [-0.39, 0.29) is 22.7 Å². The van der Waals surface area contributed by atoms with Crippen LogP contribution in [0.1, 0.15) is 59.3 Å². The van der Waals surface area contributed by atoms with E-state index in [2.05, 4.69) is 4.90 Å². The number of carbonyl (C=O) groups is 2. The first kappa shape index (κ1) is 15.8. The number of piperidine rings is 2. The number of hydrogen-bond donors (Lipinski definition) is 0. The minimum atomic E-state index is -0.295. The number of rotatable bonds is 1. The van der Waals surface area contributed by atoms with Crippen LogP contribution in [0.4, 0.5) is 0 Å². The zero-order chi connectivity index (χ0) is 16.0. The van der Waals surface area contributed by atoms with Crippen molar-refractivity contribution in [3.05, 3.63) is 0 Å². The number of likely N-dealkylation sites (tertiary alicyclic amines) is 2. The first-order valence-electron chi connectivity index (χ1n) is 8.92. The maximum Gasteiger partial charge on any atom is 0.227 e. The van der Waals surface area contributed by atoms with Gasteiger partial charge in [-0.15, -0.1) is 0 Å². The lowest BCUT2D eigenvalue weighted by atomic mass is 9.87. The molecule has 2 aliphatic heterocycles. The highest BCUT2D eigenvalue weighted by Crippen LogP contribution is 2.60. The van der Waals surface area contributed by atoms with Gasteiger partial charge in [-0.25, -0.2) is 0 Å². The van der Waals surface area contributed by atoms with Crippen molar-refractivity contribution in [1.29, 1.82) is 0 Å². The van der Waals surface area contributed by atoms with Gasteiger partial charge >= 0.3 is 0 Å². The summed E-state index contributed by atoms with van der Waals surface area (Å²) in [5.41, 5.74) is -0.0692. The summed E-state index contributed by atoms with van der Waals surface area (Å²) in [5.74, 6) is 0.898. The predicted octanol–water partition coefficient (Wildman–Crippen LogP) is 2.67. The summed E-state index contributed by atoms with van der Waals surface area (Å²) in [6.07, 6.45) is 6.68. The van der Waals surface area contributed by atoms with Crippen LogP contribution in [-0.4, -0.2) is 47.8 Å². The van der Waals surface area contributed by atoms with E-state index in [0.717, 1.165) is 45.4 Å². The van der Waals surface area contributed by atoms with E-state index in [0.29, 0.717) is 5.91 Å². The van der Waals surface area contributed by atoms with Crippen molar-refractivity contribution in [2.24, 2.45) is 16.7 Å². The minimum absolute atomic E-state index is 0.225. The Labute approximate surface area is 134 Å². The molecule has 3 fully saturated rings. The van der Waals surface area contributed by atoms with E-state index in [1.165, 1.54) is 19.3 Å². The molecule has 2 amide bonds. The highest BCUT2D eigenvalue weighted by Gasteiger charge is 2.59. The van der Waals surface area contributed by atoms with Crippen LogP contribution in [0.5, 0.6) is 0 Å². The third-order valence-electron chi connectivity index (χ3n) is 5.84. The van der Waals surface area contributed by atoms with Crippen LogP contribution < -0.4 is 0 Å². The van der Waals surface area contributed by atoms with E-state index >= 15 is 0 Å². The van der Waals surface area contributed by atoms with Gasteiger partial charge in [0.25, 0.3) is 0 Å². The summed E-state index contributed by atoms with van der Waals surface area (Å²) in [5, 5.41) is 0. The van der Waals surface area contributed by atoms with Crippen molar-refractivity contribution < 1.29 is 9.59 Å². The lowest BCUT2D eigenvalue weighted by Crippen LogP contribution is -2.45. The van der Waals surface area contributed by atoms with E-state index in [1.54, 1.807) is 0 Å². The summed E-state index contributed by atoms with van der Waals surface area (Å²) >= 11 is 0. The van der Waals surface area contributed by atoms with Crippen LogP contribution in [-0.2, 0) is 9.59 Å². The molecule has 0 aromatic carbocycles. The molecule has 124 valence electrons. The molecule has 3 rings (SSSR count). The summed E-state index contributed by atoms with van der Waals surface area (Å²) < 4.78 is 0. The van der Waals surface area contributed by atoms with Crippen LogP contribution in [0.3, 0.4) is 0 Å². The molecule has 4 nitrogen and oxygen atoms in total. The first-order valence-corrected chi connectivity index (χ1v) is 8.92. The second kappa shape index (κ2) is 5.54. The lowest BCUT2D eigenvalue weighted by Gasteiger charge is -2.37. The molecule has 1 aliphatic carbocycles. The van der Waals surface area contributed by atoms with Crippen molar-refractivity contribution in [3.63, 3.8) is 0 Å². The molecule has 0 bridgehead atoms. The molecular formula is C18H30N2O2. The van der Waals surface area contributed by atoms with Gasteiger partial charge in [0, 0.05) is 37.5 Å². The first-order chi connectivity index (χ1) is 10.3. The van der Waals surface area contributed by atoms with E-state index in [1.807, 2.05) is 25.7 Å². The maximum atomic E-state index is 12.7. The average Bonchev–Trinajstić information content (AvgIpc) is 3.20. The fourth-order valence-corrected chi connectivity index (χ4v) is 4.21. The van der Waals surface area contributed by atoms with Crippen molar-refractivity contribution in [2.75, 3.05) is 26.2 Å². The maximum absolute atomic E-state index is 12.7. The second-order valence-corrected chi connectivity index (χ2v) is 8.55. The third kappa shape index (κ3) is 2.89. The van der Waals surface area contributed by atoms with Gasteiger partial charge in [0.2, 0.25) is 11.8 Å². The Morgan fingerprint density at radius 1 is 0.909 bits per heavy atom. The molecule has 22 heavy (non-hydrogen) atoms. The Hall–Kier alpha value is -1.06. The van der Waals surface area contributed by atoms with E-state index in [4.69, 9.17) is 0 Å². The molecule has 2 saturated heterocycles. The van der Waals surface area contributed by atoms with Gasteiger partial charge in [-0.05, 0) is 43.9 Å². The average molecular weight is 306 g/mol. The van der Waals surface area contributed by atoms with Gasteiger partial charge in [-0.2, -0.15) is 0 Å². The van der Waals surface area contributed by atoms with Crippen molar-refractivity contribution in [3.8, 4) is 0 Å². The molecule has 2 heterocycles. The van der Waals surface area contributed by atoms with Gasteiger partial charge in [0.1, 0.15) is 0 Å². The topological polar surface area (TPSA) is 40.6 Å². The molecule has 1 spiro atoms. The fourth-order valence-electron chi connectivity index (χ4n) is 4.21. The van der Waals surface area contributed by atoms with Gasteiger partial charge in [0.15, 0.2) is 0 Å². The Balaban J connectivity index is 1.54. The molecule has 1 atom stereocenters. The Morgan fingerprint density at radius 2 is 1.50 bits per heavy atom. The summed E-state index contributed by atoms with van der Waals surface area (Å²) in [7, 11) is 0. The van der Waals surface area contributed by atoms with Crippen LogP contribution in [0.2, 0.25) is 0 Å². The lowest BCUT2D eigenvalue weighted by molar-refractivity contribution is -0.141. The summed E-state index contributed by atoms with van der Waals surface area (Å²) in [6.45, 7) is 9.54. The minimum Gasteiger partial charge on any atom is -0.342 e. The standard InChI is InChI=1S/C18H30N2O2/c1-17(2,3)16(22)20-11-7-18(8-12-20)13-14(18)15(21)19-9-5-4-6-10-19/h14H,4-13H2,1-3H3. The molecule has 1 saturated carbocycles. The summed E-state index contributed by atoms with van der Waals surface area (Å²) in [6, 6.07) is 0. The third-order valence-corrected chi connectivity index (χ3v) is 5.84. The van der Waals surface area contributed by atoms with Crippen LogP contribution in [0.25, 0.3) is 0 Å². The normalized spacial score (nSPS) is 27.9. The number of nitrogens with zero attached hydrogens (tertiary/aromatic N) is 2. The van der Waals surface area contributed by atoms with E-state index in [9.17, 15) is 9.59 Å². The number of carbonyl (C=O) groups excluding carboxylic acids is 2. The largest absolute Gasteiger partial charge is 0.342 e. The van der Waals surface area contributed by atoms with Gasteiger partial charge in [-0.3, -0.25) is 9.59 Å². The zero-order valence-corrected chi connectivity index (χ0v) is 14.4. The SMILES string of the molecule is CC(C)(C)C(=O)N1CCC2(CC1)CC2C(=O)N1CCCCC1. The predicted molar refractivity (Wildman–Crippen MR) is 86.2 cm³/mol. The van der Waals surface area contributed by atoms with Crippen LogP contribution in [0.15, 0.2) is 0 Å². The molecular weight excluding hydrogens is 276 g/mol. The molecule has 4 heteroatoms. The highest BCUT2D eigenvalue weighted by molar-refractivity contribution is 5.83. The fraction of sp³-hybridized carbons (Fsp3) is 0.889. The molecule has 1 unspecified atom stereocenters. The van der Waals surface area contributed by atoms with Gasteiger partial charge < -0.3 is 9.80 Å². The molecule has 0 aromatic rings. The van der Waals surface area contributed by atoms with Crippen LogP contribution >= 0.6 is 0 Å². The Morgan fingerprint density at radius 3 is 2.05 bits per heavy atom.